The van der Waals surface area contributed by atoms with Crippen molar-refractivity contribution in [3.05, 3.63) is 0 Å². The highest BCUT2D eigenvalue weighted by molar-refractivity contribution is 7.89. The van der Waals surface area contributed by atoms with Gasteiger partial charge in [-0.15, -0.1) is 0 Å². The van der Waals surface area contributed by atoms with Crippen molar-refractivity contribution in [2.75, 3.05) is 53.2 Å². The summed E-state index contributed by atoms with van der Waals surface area (Å²) < 4.78 is 153. The van der Waals surface area contributed by atoms with Crippen LogP contribution >= 0.6 is 7.82 Å². The van der Waals surface area contributed by atoms with E-state index in [0.717, 1.165) is 13.8 Å². The number of sulfonamides is 1. The van der Waals surface area contributed by atoms with Crippen molar-refractivity contribution in [2.45, 2.75) is 63.2 Å². The second-order valence-electron chi connectivity index (χ2n) is 10.3. The zero-order chi connectivity index (χ0) is 29.6. The van der Waals surface area contributed by atoms with Gasteiger partial charge >= 0.3 is 12.4 Å². The third-order valence-electron chi connectivity index (χ3n) is 4.95. The third-order valence-corrected chi connectivity index (χ3v) is 7.42. The maximum atomic E-state index is 14.2. The van der Waals surface area contributed by atoms with Crippen LogP contribution in [0.3, 0.4) is 0 Å². The molecule has 37 heavy (non-hydrogen) atoms. The smallest absolute Gasteiger partial charge is 0.431 e. The van der Waals surface area contributed by atoms with E-state index in [9.17, 15) is 53.0 Å². The first-order valence-corrected chi connectivity index (χ1v) is 14.2. The molecule has 0 aliphatic carbocycles. The lowest BCUT2D eigenvalue weighted by Gasteiger charge is -2.34. The molecule has 0 fully saturated rings. The molecule has 0 saturated heterocycles. The van der Waals surface area contributed by atoms with Crippen LogP contribution in [0.2, 0.25) is 0 Å². The number of phosphoric ester groups is 1. The fourth-order valence-corrected chi connectivity index (χ4v) is 4.99. The normalized spacial score (nSPS) is 17.0. The number of quaternary nitrogens is 1. The molecule has 0 rings (SSSR count). The molecule has 2 unspecified atom stereocenters. The van der Waals surface area contributed by atoms with Crippen molar-refractivity contribution in [2.24, 2.45) is 5.92 Å². The Balaban J connectivity index is 4.94. The second-order valence-corrected chi connectivity index (χ2v) is 13.6. The minimum Gasteiger partial charge on any atom is -0.756 e. The zero-order valence-electron chi connectivity index (χ0n) is 21.2. The van der Waals surface area contributed by atoms with E-state index in [4.69, 9.17) is 0 Å². The Morgan fingerprint density at radius 1 is 0.919 bits per heavy atom. The summed E-state index contributed by atoms with van der Waals surface area (Å²) in [7, 11) is -3.52. The summed E-state index contributed by atoms with van der Waals surface area (Å²) in [6.07, 6.45) is -16.8. The maximum absolute atomic E-state index is 14.2. The van der Waals surface area contributed by atoms with Gasteiger partial charge < -0.3 is 18.4 Å². The molecule has 0 spiro atoms. The number of rotatable bonds is 17. The van der Waals surface area contributed by atoms with Gasteiger partial charge in [-0.1, -0.05) is 0 Å². The van der Waals surface area contributed by atoms with Gasteiger partial charge in [0.1, 0.15) is 18.8 Å². The number of phosphoric acid groups is 1. The first kappa shape index (κ1) is 36.4. The summed E-state index contributed by atoms with van der Waals surface area (Å²) in [4.78, 5) is 11.6. The molecule has 0 radical (unpaired) electrons. The number of alkyl halides is 8. The SMILES string of the molecule is CC(C)(F)CC(CCCS(=O)(=O)NCCOP(=O)([O-])OCC[N+](C)(C)C)CC(F)(C(F)(F)F)C(F)(F)F. The highest BCUT2D eigenvalue weighted by Gasteiger charge is 2.72. The van der Waals surface area contributed by atoms with Gasteiger partial charge in [0.25, 0.3) is 13.5 Å². The predicted octanol–water partition coefficient (Wildman–Crippen LogP) is 3.87. The van der Waals surface area contributed by atoms with Crippen molar-refractivity contribution in [1.82, 2.24) is 4.72 Å². The molecular weight excluding hydrogens is 567 g/mol. The summed E-state index contributed by atoms with van der Waals surface area (Å²) in [5.41, 5.74) is -7.85. The molecule has 2 atom stereocenters. The average Bonchev–Trinajstić information content (AvgIpc) is 2.60. The van der Waals surface area contributed by atoms with E-state index in [0.29, 0.717) is 11.0 Å². The Kier molecular flexibility index (Phi) is 13.0. The Morgan fingerprint density at radius 3 is 1.84 bits per heavy atom. The van der Waals surface area contributed by atoms with Gasteiger partial charge in [0.15, 0.2) is 0 Å². The Labute approximate surface area is 211 Å². The van der Waals surface area contributed by atoms with Crippen molar-refractivity contribution in [3.8, 4) is 0 Å². The van der Waals surface area contributed by atoms with Gasteiger partial charge in [0, 0.05) is 13.0 Å². The number of halogens is 8. The predicted molar refractivity (Wildman–Crippen MR) is 117 cm³/mol. The molecule has 0 aliphatic rings. The van der Waals surface area contributed by atoms with Gasteiger partial charge in [-0.05, 0) is 39.0 Å². The van der Waals surface area contributed by atoms with Gasteiger partial charge in [-0.3, -0.25) is 4.57 Å². The fraction of sp³-hybridized carbons (Fsp3) is 1.00. The monoisotopic (exact) mass is 602 g/mol. The minimum atomic E-state index is -6.31. The third kappa shape index (κ3) is 15.0. The lowest BCUT2D eigenvalue weighted by Crippen LogP contribution is -2.54. The maximum Gasteiger partial charge on any atom is 0.431 e. The quantitative estimate of drug-likeness (QED) is 0.117. The minimum absolute atomic E-state index is 0.185. The topological polar surface area (TPSA) is 105 Å². The van der Waals surface area contributed by atoms with Gasteiger partial charge in [-0.2, -0.15) is 26.3 Å². The highest BCUT2D eigenvalue weighted by atomic mass is 32.2. The molecule has 0 heterocycles. The van der Waals surface area contributed by atoms with Gasteiger partial charge in [-0.25, -0.2) is 21.9 Å². The van der Waals surface area contributed by atoms with Crippen LogP contribution in [0.4, 0.5) is 35.1 Å². The number of hydrogen-bond donors (Lipinski definition) is 1. The average molecular weight is 603 g/mol. The van der Waals surface area contributed by atoms with Gasteiger partial charge in [0.2, 0.25) is 10.0 Å². The summed E-state index contributed by atoms with van der Waals surface area (Å²) in [6.45, 7) is 0.739. The molecule has 0 bridgehead atoms. The van der Waals surface area contributed by atoms with E-state index in [-0.39, 0.29) is 6.61 Å². The molecule has 0 aliphatic heterocycles. The Hall–Kier alpha value is -0.580. The summed E-state index contributed by atoms with van der Waals surface area (Å²) in [6, 6.07) is 0. The van der Waals surface area contributed by atoms with E-state index in [1.807, 2.05) is 4.72 Å². The molecule has 0 aromatic carbocycles. The Morgan fingerprint density at radius 2 is 1.41 bits per heavy atom. The first-order valence-electron chi connectivity index (χ1n) is 11.1. The van der Waals surface area contributed by atoms with E-state index < -0.39 is 92.0 Å². The second kappa shape index (κ2) is 13.2. The van der Waals surface area contributed by atoms with Crippen molar-refractivity contribution in [1.29, 1.82) is 0 Å². The number of nitrogens with one attached hydrogen (secondary N) is 1. The highest BCUT2D eigenvalue weighted by Crippen LogP contribution is 2.51. The summed E-state index contributed by atoms with van der Waals surface area (Å²) in [5.74, 6) is -2.59. The molecule has 224 valence electrons. The Bertz CT molecular complexity index is 843. The van der Waals surface area contributed by atoms with E-state index in [1.165, 1.54) is 0 Å². The molecular formula is C19H35F8N2O6PS. The standard InChI is InChI=1S/C19H35F8N2O6PS/c1-16(2,20)13-15(14-17(21,18(22,23)24)19(25,26)27)7-6-12-37(32,33)28-8-10-34-36(30,31)35-11-9-29(3,4)5/h15,28H,6-14H2,1-5H3. The summed E-state index contributed by atoms with van der Waals surface area (Å²) >= 11 is 0. The molecule has 18 heteroatoms. The molecule has 0 amide bonds. The fourth-order valence-electron chi connectivity index (χ4n) is 3.21. The van der Waals surface area contributed by atoms with E-state index in [2.05, 4.69) is 9.05 Å². The van der Waals surface area contributed by atoms with Crippen LogP contribution in [0.1, 0.15) is 39.5 Å². The lowest BCUT2D eigenvalue weighted by atomic mass is 9.82. The molecule has 0 aromatic rings. The van der Waals surface area contributed by atoms with Crippen LogP contribution in [-0.2, 0) is 23.6 Å². The van der Waals surface area contributed by atoms with Gasteiger partial charge in [0.05, 0.1) is 33.5 Å². The molecule has 0 aromatic heterocycles. The zero-order valence-corrected chi connectivity index (χ0v) is 22.9. The first-order chi connectivity index (χ1) is 16.2. The van der Waals surface area contributed by atoms with Crippen LogP contribution in [-0.4, -0.2) is 89.8 Å². The number of hydrogen-bond acceptors (Lipinski definition) is 6. The van der Waals surface area contributed by atoms with Crippen LogP contribution in [0, 0.1) is 5.92 Å². The summed E-state index contributed by atoms with van der Waals surface area (Å²) in [5, 5.41) is 0. The molecule has 0 saturated carbocycles. The molecule has 8 nitrogen and oxygen atoms in total. The van der Waals surface area contributed by atoms with E-state index in [1.54, 1.807) is 21.1 Å². The van der Waals surface area contributed by atoms with Crippen LogP contribution < -0.4 is 9.62 Å². The van der Waals surface area contributed by atoms with Crippen molar-refractivity contribution < 1.29 is 66.5 Å². The lowest BCUT2D eigenvalue weighted by molar-refractivity contribution is -0.870. The van der Waals surface area contributed by atoms with Crippen LogP contribution in [0.25, 0.3) is 0 Å². The van der Waals surface area contributed by atoms with Crippen molar-refractivity contribution in [3.63, 3.8) is 0 Å². The van der Waals surface area contributed by atoms with Crippen molar-refractivity contribution >= 4 is 17.8 Å². The van der Waals surface area contributed by atoms with Crippen LogP contribution in [0.5, 0.6) is 0 Å². The number of likely N-dealkylation sites (N-methyl/N-ethyl adjacent to an activating group) is 1. The largest absolute Gasteiger partial charge is 0.756 e. The molecule has 1 N–H and O–H groups in total. The van der Waals surface area contributed by atoms with Crippen LogP contribution in [0.15, 0.2) is 0 Å². The number of nitrogens with zero attached hydrogens (tertiary/aromatic N) is 1. The van der Waals surface area contributed by atoms with E-state index >= 15 is 0 Å².